The van der Waals surface area contributed by atoms with Gasteiger partial charge in [-0.25, -0.2) is 0 Å². The highest BCUT2D eigenvalue weighted by Gasteiger charge is 2.30. The van der Waals surface area contributed by atoms with Gasteiger partial charge in [-0.2, -0.15) is 0 Å². The van der Waals surface area contributed by atoms with Crippen LogP contribution in [0.5, 0.6) is 11.5 Å². The second-order valence-electron chi connectivity index (χ2n) is 5.74. The Morgan fingerprint density at radius 1 is 0.828 bits per heavy atom. The molecule has 0 unspecified atom stereocenters. The highest BCUT2D eigenvalue weighted by Crippen LogP contribution is 2.33. The third kappa shape index (κ3) is 6.17. The maximum Gasteiger partial charge on any atom is 0.573 e. The molecule has 3 aromatic rings. The molecule has 0 radical (unpaired) electrons. The molecule has 8 heteroatoms. The number of ether oxygens (including phenoxy) is 2. The summed E-state index contributed by atoms with van der Waals surface area (Å²) in [4.78, 5) is 8.58. The number of nitrogen functional groups attached to an aromatic ring is 1. The van der Waals surface area contributed by atoms with Crippen LogP contribution >= 0.6 is 0 Å². The molecule has 5 nitrogen and oxygen atoms in total. The number of anilines is 1. The van der Waals surface area contributed by atoms with Crippen LogP contribution in [-0.2, 0) is 4.79 Å². The second-order valence-corrected chi connectivity index (χ2v) is 5.74. The molecule has 0 saturated carbocycles. The summed E-state index contributed by atoms with van der Waals surface area (Å²) in [5, 5.41) is 0. The number of carbonyl (C=O) groups excluding carboxylic acids is 1. The molecule has 3 rings (SSSR count). The Balaban J connectivity index is 0.000000941. The summed E-state index contributed by atoms with van der Waals surface area (Å²) in [6, 6.07) is 18.7. The molecule has 3 aromatic carbocycles. The monoisotopic (exact) mass is 404 g/mol. The summed E-state index contributed by atoms with van der Waals surface area (Å²) in [6.45, 7) is 0. The van der Waals surface area contributed by atoms with E-state index in [4.69, 9.17) is 15.3 Å². The number of alkyl halides is 3. The van der Waals surface area contributed by atoms with Crippen LogP contribution in [0.2, 0.25) is 0 Å². The van der Waals surface area contributed by atoms with Gasteiger partial charge in [-0.1, -0.05) is 30.3 Å². The fraction of sp³-hybridized carbons (Fsp3) is 0.0952. The molecule has 4 N–H and O–H groups in total. The summed E-state index contributed by atoms with van der Waals surface area (Å²) < 4.78 is 45.8. The van der Waals surface area contributed by atoms with Crippen LogP contribution in [-0.4, -0.2) is 19.9 Å². The van der Waals surface area contributed by atoms with Gasteiger partial charge in [-0.05, 0) is 53.1 Å². The van der Waals surface area contributed by atoms with Crippen molar-refractivity contribution in [3.05, 3.63) is 66.7 Å². The fourth-order valence-electron chi connectivity index (χ4n) is 2.61. The van der Waals surface area contributed by atoms with Gasteiger partial charge in [-0.15, -0.1) is 13.2 Å². The van der Waals surface area contributed by atoms with Gasteiger partial charge in [0.05, 0.1) is 7.11 Å². The van der Waals surface area contributed by atoms with Gasteiger partial charge in [0, 0.05) is 11.3 Å². The lowest BCUT2D eigenvalue weighted by atomic mass is 9.97. The van der Waals surface area contributed by atoms with Crippen LogP contribution in [0.1, 0.15) is 0 Å². The predicted molar refractivity (Wildman–Crippen MR) is 105 cm³/mol. The molecule has 1 amide bonds. The number of benzene rings is 3. The Labute approximate surface area is 165 Å². The van der Waals surface area contributed by atoms with E-state index in [-0.39, 0.29) is 12.2 Å². The number of nitrogens with two attached hydrogens (primary N) is 2. The molecule has 29 heavy (non-hydrogen) atoms. The molecule has 0 aliphatic heterocycles. The van der Waals surface area contributed by atoms with Gasteiger partial charge in [-0.3, -0.25) is 4.79 Å². The maximum absolute atomic E-state index is 12.3. The largest absolute Gasteiger partial charge is 0.573 e. The van der Waals surface area contributed by atoms with Crippen LogP contribution in [0.15, 0.2) is 66.7 Å². The molecule has 0 saturated heterocycles. The number of rotatable bonds is 4. The highest BCUT2D eigenvalue weighted by molar-refractivity contribution is 5.82. The van der Waals surface area contributed by atoms with Crippen LogP contribution in [0.3, 0.4) is 0 Å². The zero-order valence-electron chi connectivity index (χ0n) is 15.4. The van der Waals surface area contributed by atoms with Crippen LogP contribution in [0.4, 0.5) is 18.9 Å². The molecule has 0 spiro atoms. The quantitative estimate of drug-likeness (QED) is 0.491. The predicted octanol–water partition coefficient (Wildman–Crippen LogP) is 4.61. The normalized spacial score (nSPS) is 10.5. The standard InChI is InChI=1S/C20H16F3NO2.CH3NO/c1-25-16-7-4-14(5-8-16)18-12-15(6-11-19(18)24)13-2-9-17(10-3-13)26-20(21,22)23;2-1-3/h2-12H,24H2,1H3;1H,(H2,2,3). The lowest BCUT2D eigenvalue weighted by Gasteiger charge is -2.12. The first-order valence-corrected chi connectivity index (χ1v) is 8.33. The number of amides is 1. The van der Waals surface area contributed by atoms with Gasteiger partial charge in [0.2, 0.25) is 6.41 Å². The van der Waals surface area contributed by atoms with E-state index >= 15 is 0 Å². The minimum Gasteiger partial charge on any atom is -0.497 e. The van der Waals surface area contributed by atoms with Crippen molar-refractivity contribution in [2.24, 2.45) is 5.73 Å². The van der Waals surface area contributed by atoms with E-state index in [0.29, 0.717) is 5.69 Å². The minimum atomic E-state index is -4.70. The summed E-state index contributed by atoms with van der Waals surface area (Å²) in [5.74, 6) is 0.482. The molecule has 0 aromatic heterocycles. The third-order valence-corrected chi connectivity index (χ3v) is 3.88. The fourth-order valence-corrected chi connectivity index (χ4v) is 2.61. The SMILES string of the molecule is COc1ccc(-c2cc(-c3ccc(OC(F)(F)F)cc3)ccc2N)cc1.NC=O. The Bertz CT molecular complexity index is 941. The van der Waals surface area contributed by atoms with Gasteiger partial charge in [0.15, 0.2) is 0 Å². The minimum absolute atomic E-state index is 0.250. The van der Waals surface area contributed by atoms with E-state index in [0.717, 1.165) is 28.0 Å². The van der Waals surface area contributed by atoms with E-state index in [1.807, 2.05) is 36.4 Å². The van der Waals surface area contributed by atoms with Crippen LogP contribution in [0.25, 0.3) is 22.3 Å². The molecule has 0 bridgehead atoms. The molecule has 0 aliphatic carbocycles. The van der Waals surface area contributed by atoms with Crippen molar-refractivity contribution < 1.29 is 27.4 Å². The van der Waals surface area contributed by atoms with E-state index in [9.17, 15) is 13.2 Å². The van der Waals surface area contributed by atoms with Gasteiger partial charge in [0.1, 0.15) is 11.5 Å². The molecular formula is C21H19F3N2O3. The smallest absolute Gasteiger partial charge is 0.497 e. The van der Waals surface area contributed by atoms with E-state index in [2.05, 4.69) is 10.5 Å². The molecule has 152 valence electrons. The maximum atomic E-state index is 12.3. The topological polar surface area (TPSA) is 87.6 Å². The summed E-state index contributed by atoms with van der Waals surface area (Å²) >= 11 is 0. The average Bonchev–Trinajstić information content (AvgIpc) is 2.69. The van der Waals surface area contributed by atoms with Crippen molar-refractivity contribution in [2.45, 2.75) is 6.36 Å². The van der Waals surface area contributed by atoms with Gasteiger partial charge >= 0.3 is 6.36 Å². The van der Waals surface area contributed by atoms with Crippen LogP contribution in [0, 0.1) is 0 Å². The Morgan fingerprint density at radius 3 is 1.83 bits per heavy atom. The average molecular weight is 404 g/mol. The Morgan fingerprint density at radius 2 is 1.31 bits per heavy atom. The van der Waals surface area contributed by atoms with E-state index in [1.165, 1.54) is 12.1 Å². The van der Waals surface area contributed by atoms with Crippen molar-refractivity contribution in [2.75, 3.05) is 12.8 Å². The molecule has 0 heterocycles. The van der Waals surface area contributed by atoms with Gasteiger partial charge < -0.3 is 20.9 Å². The second kappa shape index (κ2) is 9.50. The number of methoxy groups -OCH3 is 1. The van der Waals surface area contributed by atoms with Crippen molar-refractivity contribution in [1.29, 1.82) is 0 Å². The first-order valence-electron chi connectivity index (χ1n) is 8.33. The lowest BCUT2D eigenvalue weighted by Crippen LogP contribution is -2.16. The summed E-state index contributed by atoms with van der Waals surface area (Å²) in [7, 11) is 1.59. The first-order chi connectivity index (χ1) is 13.8. The van der Waals surface area contributed by atoms with Crippen molar-refractivity contribution >= 4 is 12.1 Å². The highest BCUT2D eigenvalue weighted by atomic mass is 19.4. The number of halogens is 3. The summed E-state index contributed by atoms with van der Waals surface area (Å²) in [6.07, 6.45) is -4.45. The molecule has 0 aliphatic rings. The van der Waals surface area contributed by atoms with Crippen molar-refractivity contribution in [3.63, 3.8) is 0 Å². The molecule has 0 fully saturated rings. The lowest BCUT2D eigenvalue weighted by molar-refractivity contribution is -0.274. The van der Waals surface area contributed by atoms with E-state index in [1.54, 1.807) is 25.3 Å². The summed E-state index contributed by atoms with van der Waals surface area (Å²) in [5.41, 5.74) is 14.2. The number of primary amides is 1. The molecular weight excluding hydrogens is 385 g/mol. The first kappa shape index (κ1) is 21.6. The van der Waals surface area contributed by atoms with Crippen molar-refractivity contribution in [1.82, 2.24) is 0 Å². The zero-order valence-corrected chi connectivity index (χ0v) is 15.4. The number of hydrogen-bond acceptors (Lipinski definition) is 4. The Kier molecular flexibility index (Phi) is 7.08. The zero-order chi connectivity index (χ0) is 21.4. The van der Waals surface area contributed by atoms with Crippen molar-refractivity contribution in [3.8, 4) is 33.8 Å². The van der Waals surface area contributed by atoms with E-state index < -0.39 is 6.36 Å². The van der Waals surface area contributed by atoms with Crippen LogP contribution < -0.4 is 20.9 Å². The Hall–Kier alpha value is -3.68. The molecule has 0 atom stereocenters. The number of hydrogen-bond donors (Lipinski definition) is 2. The van der Waals surface area contributed by atoms with Gasteiger partial charge in [0.25, 0.3) is 0 Å². The number of carbonyl (C=O) groups is 1. The third-order valence-electron chi connectivity index (χ3n) is 3.88.